The number of nitro benzene ring substituents is 1. The monoisotopic (exact) mass is 336 g/mol. The molecule has 2 aromatic rings. The maximum atomic E-state index is 10.7. The maximum absolute atomic E-state index is 10.7. The topological polar surface area (TPSA) is 64.4 Å². The summed E-state index contributed by atoms with van der Waals surface area (Å²) in [6, 6.07) is 12.6. The van der Waals surface area contributed by atoms with Crippen LogP contribution in [0.15, 0.2) is 46.9 Å². The third kappa shape index (κ3) is 3.48. The van der Waals surface area contributed by atoms with Crippen molar-refractivity contribution in [2.75, 3.05) is 12.4 Å². The Bertz CT molecular complexity index is 632. The van der Waals surface area contributed by atoms with Gasteiger partial charge in [-0.15, -0.1) is 0 Å². The first-order chi connectivity index (χ1) is 9.60. The molecule has 0 aliphatic rings. The first-order valence-electron chi connectivity index (χ1n) is 5.91. The lowest BCUT2D eigenvalue weighted by atomic mass is 10.2. The minimum Gasteiger partial charge on any atom is -0.497 e. The van der Waals surface area contributed by atoms with Gasteiger partial charge in [0.1, 0.15) is 5.75 Å². The van der Waals surface area contributed by atoms with E-state index >= 15 is 0 Å². The van der Waals surface area contributed by atoms with Gasteiger partial charge < -0.3 is 10.1 Å². The van der Waals surface area contributed by atoms with Crippen LogP contribution in [0.3, 0.4) is 0 Å². The van der Waals surface area contributed by atoms with Crippen molar-refractivity contribution in [3.05, 3.63) is 62.6 Å². The highest BCUT2D eigenvalue weighted by Gasteiger charge is 2.11. The van der Waals surface area contributed by atoms with E-state index in [2.05, 4.69) is 21.2 Å². The number of anilines is 1. The number of nitrogens with zero attached hydrogens (tertiary/aromatic N) is 1. The van der Waals surface area contributed by atoms with Crippen molar-refractivity contribution in [3.63, 3.8) is 0 Å². The van der Waals surface area contributed by atoms with E-state index < -0.39 is 4.92 Å². The summed E-state index contributed by atoms with van der Waals surface area (Å²) in [5, 5.41) is 13.9. The Hall–Kier alpha value is -2.08. The molecule has 0 saturated heterocycles. The van der Waals surface area contributed by atoms with Crippen LogP contribution in [0.25, 0.3) is 0 Å². The number of nitro groups is 1. The molecule has 0 radical (unpaired) electrons. The summed E-state index contributed by atoms with van der Waals surface area (Å²) < 4.78 is 5.61. The molecule has 5 nitrogen and oxygen atoms in total. The van der Waals surface area contributed by atoms with Crippen molar-refractivity contribution in [2.45, 2.75) is 6.54 Å². The fourth-order valence-electron chi connectivity index (χ4n) is 1.75. The molecular weight excluding hydrogens is 324 g/mol. The highest BCUT2D eigenvalue weighted by atomic mass is 79.9. The van der Waals surface area contributed by atoms with Gasteiger partial charge in [-0.3, -0.25) is 10.1 Å². The third-order valence-electron chi connectivity index (χ3n) is 2.78. The van der Waals surface area contributed by atoms with Crippen LogP contribution in [-0.2, 0) is 6.54 Å². The van der Waals surface area contributed by atoms with Gasteiger partial charge in [0.25, 0.3) is 5.69 Å². The van der Waals surface area contributed by atoms with E-state index in [0.29, 0.717) is 11.0 Å². The quantitative estimate of drug-likeness (QED) is 0.662. The molecule has 0 aliphatic heterocycles. The molecule has 0 aliphatic carbocycles. The smallest absolute Gasteiger partial charge is 0.283 e. The second kappa shape index (κ2) is 6.38. The predicted octanol–water partition coefficient (Wildman–Crippen LogP) is 3.98. The van der Waals surface area contributed by atoms with Crippen LogP contribution >= 0.6 is 15.9 Å². The molecule has 0 saturated carbocycles. The Kier molecular flexibility index (Phi) is 4.57. The van der Waals surface area contributed by atoms with Crippen LogP contribution in [0.5, 0.6) is 5.75 Å². The number of hydrogen-bond donors (Lipinski definition) is 1. The first kappa shape index (κ1) is 14.3. The third-order valence-corrected chi connectivity index (χ3v) is 3.41. The molecular formula is C14H13BrN2O3. The van der Waals surface area contributed by atoms with Crippen molar-refractivity contribution in [3.8, 4) is 5.75 Å². The summed E-state index contributed by atoms with van der Waals surface area (Å²) in [7, 11) is 1.62. The Morgan fingerprint density at radius 3 is 2.75 bits per heavy atom. The van der Waals surface area contributed by atoms with Gasteiger partial charge in [-0.2, -0.15) is 0 Å². The molecule has 0 bridgehead atoms. The van der Waals surface area contributed by atoms with Crippen molar-refractivity contribution < 1.29 is 9.66 Å². The normalized spacial score (nSPS) is 10.1. The molecule has 0 unspecified atom stereocenters. The molecule has 0 aromatic heterocycles. The number of benzene rings is 2. The standard InChI is InChI=1S/C14H13BrN2O3/c1-20-12-4-2-3-10(7-12)9-16-11-5-6-14(17(18)19)13(15)8-11/h2-8,16H,9H2,1H3. The highest BCUT2D eigenvalue weighted by Crippen LogP contribution is 2.28. The molecule has 6 heteroatoms. The van der Waals surface area contributed by atoms with E-state index in [9.17, 15) is 10.1 Å². The number of methoxy groups -OCH3 is 1. The molecule has 104 valence electrons. The van der Waals surface area contributed by atoms with Gasteiger partial charge in [0.15, 0.2) is 0 Å². The number of rotatable bonds is 5. The number of ether oxygens (including phenoxy) is 1. The first-order valence-corrected chi connectivity index (χ1v) is 6.70. The Morgan fingerprint density at radius 2 is 2.10 bits per heavy atom. The SMILES string of the molecule is COc1cccc(CNc2ccc([N+](=O)[O-])c(Br)c2)c1. The second-order valence-electron chi connectivity index (χ2n) is 4.13. The van der Waals surface area contributed by atoms with E-state index in [1.54, 1.807) is 19.2 Å². The molecule has 0 heterocycles. The zero-order valence-electron chi connectivity index (χ0n) is 10.8. The van der Waals surface area contributed by atoms with Crippen LogP contribution < -0.4 is 10.1 Å². The molecule has 20 heavy (non-hydrogen) atoms. The molecule has 2 aromatic carbocycles. The van der Waals surface area contributed by atoms with E-state index in [1.807, 2.05) is 24.3 Å². The van der Waals surface area contributed by atoms with E-state index in [0.717, 1.165) is 17.0 Å². The zero-order valence-corrected chi connectivity index (χ0v) is 12.4. The van der Waals surface area contributed by atoms with Gasteiger partial charge in [-0.1, -0.05) is 12.1 Å². The maximum Gasteiger partial charge on any atom is 0.283 e. The average molecular weight is 337 g/mol. The minimum atomic E-state index is -0.421. The number of halogens is 1. The van der Waals surface area contributed by atoms with Gasteiger partial charge >= 0.3 is 0 Å². The summed E-state index contributed by atoms with van der Waals surface area (Å²) in [5.41, 5.74) is 1.93. The van der Waals surface area contributed by atoms with Crippen LogP contribution in [0, 0.1) is 10.1 Å². The molecule has 0 amide bonds. The Morgan fingerprint density at radius 1 is 1.30 bits per heavy atom. The average Bonchev–Trinajstić information content (AvgIpc) is 2.45. The van der Waals surface area contributed by atoms with Crippen molar-refractivity contribution in [1.82, 2.24) is 0 Å². The molecule has 0 atom stereocenters. The van der Waals surface area contributed by atoms with E-state index in [4.69, 9.17) is 4.74 Å². The summed E-state index contributed by atoms with van der Waals surface area (Å²) in [5.74, 6) is 0.800. The van der Waals surface area contributed by atoms with Gasteiger partial charge in [-0.05, 0) is 45.8 Å². The lowest BCUT2D eigenvalue weighted by molar-refractivity contribution is -0.385. The molecule has 0 spiro atoms. The molecule has 1 N–H and O–H groups in total. The summed E-state index contributed by atoms with van der Waals surface area (Å²) in [6.07, 6.45) is 0. The van der Waals surface area contributed by atoms with Crippen LogP contribution in [0.2, 0.25) is 0 Å². The molecule has 0 fully saturated rings. The summed E-state index contributed by atoms with van der Waals surface area (Å²) in [6.45, 7) is 0.613. The lowest BCUT2D eigenvalue weighted by Crippen LogP contribution is -2.00. The number of nitrogens with one attached hydrogen (secondary N) is 1. The highest BCUT2D eigenvalue weighted by molar-refractivity contribution is 9.10. The van der Waals surface area contributed by atoms with Crippen LogP contribution in [0.4, 0.5) is 11.4 Å². The van der Waals surface area contributed by atoms with Gasteiger partial charge in [0.05, 0.1) is 16.5 Å². The lowest BCUT2D eigenvalue weighted by Gasteiger charge is -2.08. The van der Waals surface area contributed by atoms with Crippen LogP contribution in [-0.4, -0.2) is 12.0 Å². The fraction of sp³-hybridized carbons (Fsp3) is 0.143. The van der Waals surface area contributed by atoms with Crippen LogP contribution in [0.1, 0.15) is 5.56 Å². The predicted molar refractivity (Wildman–Crippen MR) is 81.1 cm³/mol. The second-order valence-corrected chi connectivity index (χ2v) is 4.98. The molecule has 2 rings (SSSR count). The zero-order chi connectivity index (χ0) is 14.5. The van der Waals surface area contributed by atoms with Crippen molar-refractivity contribution in [1.29, 1.82) is 0 Å². The Labute approximate surface area is 124 Å². The minimum absolute atomic E-state index is 0.0527. The van der Waals surface area contributed by atoms with Gasteiger partial charge in [0.2, 0.25) is 0 Å². The summed E-state index contributed by atoms with van der Waals surface area (Å²) >= 11 is 3.20. The van der Waals surface area contributed by atoms with Crippen molar-refractivity contribution >= 4 is 27.3 Å². The van der Waals surface area contributed by atoms with E-state index in [1.165, 1.54) is 6.07 Å². The van der Waals surface area contributed by atoms with Gasteiger partial charge in [0, 0.05) is 18.3 Å². The summed E-state index contributed by atoms with van der Waals surface area (Å²) in [4.78, 5) is 10.3. The Balaban J connectivity index is 2.07. The van der Waals surface area contributed by atoms with Crippen molar-refractivity contribution in [2.24, 2.45) is 0 Å². The largest absolute Gasteiger partial charge is 0.497 e. The van der Waals surface area contributed by atoms with Gasteiger partial charge in [-0.25, -0.2) is 0 Å². The number of hydrogen-bond acceptors (Lipinski definition) is 4. The van der Waals surface area contributed by atoms with E-state index in [-0.39, 0.29) is 5.69 Å². The fourth-order valence-corrected chi connectivity index (χ4v) is 2.28.